The van der Waals surface area contributed by atoms with Crippen LogP contribution in [0.4, 0.5) is 8.78 Å². The maximum absolute atomic E-state index is 13.4. The topological polar surface area (TPSA) is 69.6 Å². The summed E-state index contributed by atoms with van der Waals surface area (Å²) in [6.45, 7) is 1.64. The molecule has 0 aromatic heterocycles. The Kier molecular flexibility index (Phi) is 12.5. The number of carboxylic acids is 1. The van der Waals surface area contributed by atoms with E-state index in [1.807, 2.05) is 77.7 Å². The second-order valence-electron chi connectivity index (χ2n) is 13.1. The van der Waals surface area contributed by atoms with Gasteiger partial charge in [-0.1, -0.05) is 133 Å². The van der Waals surface area contributed by atoms with Crippen molar-refractivity contribution in [2.45, 2.75) is 37.8 Å². The summed E-state index contributed by atoms with van der Waals surface area (Å²) >= 11 is 0. The predicted molar refractivity (Wildman–Crippen MR) is 204 cm³/mol. The molecular formula is C46H42F2N2O3. The molecule has 0 fully saturated rings. The van der Waals surface area contributed by atoms with Gasteiger partial charge in [0.25, 0.3) is 0 Å². The van der Waals surface area contributed by atoms with E-state index in [1.54, 1.807) is 24.3 Å². The molecule has 2 N–H and O–H groups in total. The van der Waals surface area contributed by atoms with E-state index < -0.39 is 5.97 Å². The van der Waals surface area contributed by atoms with Crippen molar-refractivity contribution in [3.63, 3.8) is 0 Å². The molecule has 2 atom stereocenters. The number of carboxylic acid groups (broad SMARTS) is 1. The highest BCUT2D eigenvalue weighted by atomic mass is 19.1. The summed E-state index contributed by atoms with van der Waals surface area (Å²) in [6.07, 6.45) is 2.39. The normalized spacial score (nSPS) is 15.7. The average Bonchev–Trinajstić information content (AvgIpc) is 3.19. The summed E-state index contributed by atoms with van der Waals surface area (Å²) in [6, 6.07) is 48.9. The standard InChI is InChI=1S/C23H20FNO.C15H14FN.C8H8O2/c24-20-12-10-19(11-13-20)23-21-9-5-4-8-18(21)14-15-25(23)22(26)16-17-6-2-1-3-7-17;16-13-7-5-12(6-8-13)15-14-4-2-1-3-11(14)9-10-17-15;9-8(10)6-7-4-2-1-3-5-7/h1-13,23H,14-16H2;1-8,15,17H,9-10H2;1-5H,6H2,(H,9,10)/t23-;15-;/m00./s1. The third-order valence-corrected chi connectivity index (χ3v) is 9.50. The number of amides is 1. The molecule has 268 valence electrons. The highest BCUT2D eigenvalue weighted by molar-refractivity contribution is 5.80. The highest BCUT2D eigenvalue weighted by Crippen LogP contribution is 2.35. The first kappa shape index (κ1) is 36.9. The summed E-state index contributed by atoms with van der Waals surface area (Å²) in [5, 5.41) is 11.9. The molecule has 1 amide bonds. The van der Waals surface area contributed by atoms with E-state index in [9.17, 15) is 18.4 Å². The molecule has 6 aromatic rings. The molecule has 8 rings (SSSR count). The zero-order valence-corrected chi connectivity index (χ0v) is 29.4. The molecule has 0 radical (unpaired) electrons. The third-order valence-electron chi connectivity index (χ3n) is 9.50. The Balaban J connectivity index is 0.000000152. The lowest BCUT2D eigenvalue weighted by Crippen LogP contribution is -2.41. The average molecular weight is 709 g/mol. The Morgan fingerprint density at radius 2 is 1.08 bits per heavy atom. The number of hydrogen-bond acceptors (Lipinski definition) is 3. The van der Waals surface area contributed by atoms with Crippen LogP contribution in [0.5, 0.6) is 0 Å². The van der Waals surface area contributed by atoms with Crippen LogP contribution >= 0.6 is 0 Å². The van der Waals surface area contributed by atoms with E-state index in [1.165, 1.54) is 41.0 Å². The van der Waals surface area contributed by atoms with E-state index in [2.05, 4.69) is 41.7 Å². The zero-order chi connectivity index (χ0) is 37.0. The molecule has 2 aliphatic heterocycles. The maximum atomic E-state index is 13.4. The van der Waals surface area contributed by atoms with Crippen molar-refractivity contribution in [1.82, 2.24) is 10.2 Å². The summed E-state index contributed by atoms with van der Waals surface area (Å²) in [4.78, 5) is 25.2. The van der Waals surface area contributed by atoms with Gasteiger partial charge in [-0.25, -0.2) is 8.78 Å². The van der Waals surface area contributed by atoms with Gasteiger partial charge in [-0.05, 0) is 81.6 Å². The number of carbonyl (C=O) groups excluding carboxylic acids is 1. The molecule has 2 heterocycles. The van der Waals surface area contributed by atoms with Crippen LogP contribution in [0.15, 0.2) is 158 Å². The van der Waals surface area contributed by atoms with Crippen LogP contribution in [0.25, 0.3) is 0 Å². The fraction of sp³-hybridized carbons (Fsp3) is 0.174. The number of aliphatic carboxylic acids is 1. The van der Waals surface area contributed by atoms with Crippen LogP contribution in [-0.4, -0.2) is 35.0 Å². The second kappa shape index (κ2) is 18.0. The van der Waals surface area contributed by atoms with E-state index in [4.69, 9.17) is 5.11 Å². The molecule has 6 aromatic carbocycles. The van der Waals surface area contributed by atoms with Gasteiger partial charge in [-0.2, -0.15) is 0 Å². The van der Waals surface area contributed by atoms with Crippen LogP contribution in [0, 0.1) is 11.6 Å². The molecule has 0 unspecified atom stereocenters. The molecule has 53 heavy (non-hydrogen) atoms. The number of nitrogens with zero attached hydrogens (tertiary/aromatic N) is 1. The summed E-state index contributed by atoms with van der Waals surface area (Å²) < 4.78 is 26.3. The van der Waals surface area contributed by atoms with Gasteiger partial charge >= 0.3 is 5.97 Å². The molecule has 0 saturated carbocycles. The largest absolute Gasteiger partial charge is 0.481 e. The molecule has 0 saturated heterocycles. The molecule has 0 spiro atoms. The van der Waals surface area contributed by atoms with E-state index in [0.29, 0.717) is 13.0 Å². The quantitative estimate of drug-likeness (QED) is 0.181. The Morgan fingerprint density at radius 3 is 1.66 bits per heavy atom. The summed E-state index contributed by atoms with van der Waals surface area (Å²) in [5.41, 5.74) is 9.01. The van der Waals surface area contributed by atoms with Crippen molar-refractivity contribution < 1.29 is 23.5 Å². The molecular weight excluding hydrogens is 667 g/mol. The van der Waals surface area contributed by atoms with Gasteiger partial charge in [-0.3, -0.25) is 9.59 Å². The van der Waals surface area contributed by atoms with Crippen molar-refractivity contribution in [2.75, 3.05) is 13.1 Å². The lowest BCUT2D eigenvalue weighted by Gasteiger charge is -2.38. The van der Waals surface area contributed by atoms with Crippen LogP contribution in [-0.2, 0) is 35.3 Å². The first-order valence-electron chi connectivity index (χ1n) is 17.8. The minimum absolute atomic E-state index is 0.0972. The number of nitrogens with one attached hydrogen (secondary N) is 1. The first-order valence-corrected chi connectivity index (χ1v) is 17.8. The summed E-state index contributed by atoms with van der Waals surface area (Å²) in [7, 11) is 0. The van der Waals surface area contributed by atoms with Crippen molar-refractivity contribution >= 4 is 11.9 Å². The summed E-state index contributed by atoms with van der Waals surface area (Å²) in [5.74, 6) is -1.14. The SMILES string of the molecule is Fc1ccc([C@@H]2NCCc3ccccc32)cc1.O=C(Cc1ccccc1)N1CCc2ccccc2[C@@H]1c1ccc(F)cc1.O=C(O)Cc1ccccc1. The lowest BCUT2D eigenvalue weighted by atomic mass is 9.88. The molecule has 2 aliphatic rings. The van der Waals surface area contributed by atoms with Gasteiger partial charge in [0, 0.05) is 13.1 Å². The smallest absolute Gasteiger partial charge is 0.307 e. The minimum Gasteiger partial charge on any atom is -0.481 e. The number of hydrogen-bond donors (Lipinski definition) is 2. The predicted octanol–water partition coefficient (Wildman–Crippen LogP) is 8.92. The Labute approximate surface area is 309 Å². The molecule has 7 heteroatoms. The first-order chi connectivity index (χ1) is 25.9. The van der Waals surface area contributed by atoms with Crippen LogP contribution in [0.2, 0.25) is 0 Å². The third kappa shape index (κ3) is 9.90. The second-order valence-corrected chi connectivity index (χ2v) is 13.1. The van der Waals surface area contributed by atoms with Gasteiger partial charge in [0.15, 0.2) is 0 Å². The van der Waals surface area contributed by atoms with Crippen molar-refractivity contribution in [3.8, 4) is 0 Å². The number of rotatable bonds is 6. The van der Waals surface area contributed by atoms with Crippen molar-refractivity contribution in [1.29, 1.82) is 0 Å². The van der Waals surface area contributed by atoms with E-state index >= 15 is 0 Å². The highest BCUT2D eigenvalue weighted by Gasteiger charge is 2.31. The number of halogens is 2. The van der Waals surface area contributed by atoms with Crippen molar-refractivity contribution in [2.24, 2.45) is 0 Å². The van der Waals surface area contributed by atoms with Gasteiger partial charge in [0.05, 0.1) is 24.9 Å². The molecule has 0 bridgehead atoms. The van der Waals surface area contributed by atoms with Crippen molar-refractivity contribution in [3.05, 3.63) is 214 Å². The van der Waals surface area contributed by atoms with Crippen LogP contribution in [0.1, 0.15) is 56.6 Å². The van der Waals surface area contributed by atoms with Gasteiger partial charge in [0.1, 0.15) is 11.6 Å². The fourth-order valence-corrected chi connectivity index (χ4v) is 6.94. The van der Waals surface area contributed by atoms with E-state index in [0.717, 1.165) is 47.2 Å². The molecule has 5 nitrogen and oxygen atoms in total. The number of carbonyl (C=O) groups is 2. The van der Waals surface area contributed by atoms with Gasteiger partial charge in [-0.15, -0.1) is 0 Å². The minimum atomic E-state index is -0.786. The van der Waals surface area contributed by atoms with Crippen LogP contribution in [0.3, 0.4) is 0 Å². The van der Waals surface area contributed by atoms with Gasteiger partial charge in [0.2, 0.25) is 5.91 Å². The lowest BCUT2D eigenvalue weighted by molar-refractivity contribution is -0.136. The number of benzene rings is 6. The fourth-order valence-electron chi connectivity index (χ4n) is 6.94. The van der Waals surface area contributed by atoms with Gasteiger partial charge < -0.3 is 15.3 Å². The zero-order valence-electron chi connectivity index (χ0n) is 29.4. The van der Waals surface area contributed by atoms with Crippen LogP contribution < -0.4 is 5.32 Å². The number of fused-ring (bicyclic) bond motifs is 2. The Hall–Kier alpha value is -5.92. The monoisotopic (exact) mass is 708 g/mol. The van der Waals surface area contributed by atoms with E-state index in [-0.39, 0.29) is 36.0 Å². The maximum Gasteiger partial charge on any atom is 0.307 e. The Morgan fingerprint density at radius 1 is 0.585 bits per heavy atom. The Bertz CT molecular complexity index is 2090. The molecule has 0 aliphatic carbocycles.